The maximum Gasteiger partial charge on any atom is 0.303 e. The fraction of sp³-hybridized carbons (Fsp3) is 0.684. The predicted molar refractivity (Wildman–Crippen MR) is 94.0 cm³/mol. The van der Waals surface area contributed by atoms with Crippen molar-refractivity contribution in [1.29, 1.82) is 0 Å². The van der Waals surface area contributed by atoms with Crippen molar-refractivity contribution in [1.82, 2.24) is 4.98 Å². The summed E-state index contributed by atoms with van der Waals surface area (Å²) in [5.74, 6) is 0.509. The zero-order chi connectivity index (χ0) is 17.6. The van der Waals surface area contributed by atoms with Gasteiger partial charge < -0.3 is 14.6 Å². The van der Waals surface area contributed by atoms with Gasteiger partial charge in [-0.2, -0.15) is 0 Å². The fourth-order valence-corrected chi connectivity index (χ4v) is 2.49. The highest BCUT2D eigenvalue weighted by atomic mass is 16.5. The highest BCUT2D eigenvalue weighted by Gasteiger charge is 2.08. The molecule has 24 heavy (non-hydrogen) atoms. The molecule has 1 aromatic heterocycles. The van der Waals surface area contributed by atoms with Crippen molar-refractivity contribution in [2.24, 2.45) is 0 Å². The second-order valence-electron chi connectivity index (χ2n) is 6.06. The number of unbranched alkanes of at least 4 members (excludes halogenated alkanes) is 7. The summed E-state index contributed by atoms with van der Waals surface area (Å²) in [5.41, 5.74) is 1.67. The van der Waals surface area contributed by atoms with Crippen LogP contribution in [-0.4, -0.2) is 29.3 Å². The lowest BCUT2D eigenvalue weighted by Gasteiger charge is -2.12. The van der Waals surface area contributed by atoms with E-state index in [1.54, 1.807) is 6.20 Å². The lowest BCUT2D eigenvalue weighted by atomic mass is 10.1. The zero-order valence-corrected chi connectivity index (χ0v) is 15.1. The molecule has 1 rings (SSSR count). The minimum atomic E-state index is -0.307. The lowest BCUT2D eigenvalue weighted by Crippen LogP contribution is -2.05. The number of esters is 1. The van der Waals surface area contributed by atoms with E-state index in [0.29, 0.717) is 13.2 Å². The van der Waals surface area contributed by atoms with Gasteiger partial charge in [0.15, 0.2) is 0 Å². The summed E-state index contributed by atoms with van der Waals surface area (Å²) in [6.45, 7) is 4.53. The zero-order valence-electron chi connectivity index (χ0n) is 15.1. The van der Waals surface area contributed by atoms with Crippen LogP contribution in [0.2, 0.25) is 0 Å². The summed E-state index contributed by atoms with van der Waals surface area (Å²) >= 11 is 0. The van der Waals surface area contributed by atoms with E-state index in [0.717, 1.165) is 36.3 Å². The molecule has 0 aliphatic carbocycles. The van der Waals surface area contributed by atoms with Crippen molar-refractivity contribution >= 4 is 5.97 Å². The third kappa shape index (κ3) is 8.87. The minimum Gasteiger partial charge on any atom is -0.493 e. The Balaban J connectivity index is 2.16. The van der Waals surface area contributed by atoms with Gasteiger partial charge in [0.2, 0.25) is 0 Å². The molecule has 0 aliphatic heterocycles. The summed E-state index contributed by atoms with van der Waals surface area (Å²) in [7, 11) is 0. The van der Waals surface area contributed by atoms with Gasteiger partial charge in [0.05, 0.1) is 12.3 Å². The largest absolute Gasteiger partial charge is 0.493 e. The molecule has 0 aliphatic rings. The molecule has 5 nitrogen and oxygen atoms in total. The van der Waals surface area contributed by atoms with Crippen LogP contribution in [0, 0.1) is 6.92 Å². The highest BCUT2D eigenvalue weighted by molar-refractivity contribution is 5.65. The van der Waals surface area contributed by atoms with Crippen LogP contribution in [0.25, 0.3) is 0 Å². The maximum absolute atomic E-state index is 10.9. The first-order valence-electron chi connectivity index (χ1n) is 8.96. The number of hydrogen-bond acceptors (Lipinski definition) is 5. The number of aliphatic hydroxyl groups is 1. The first-order valence-corrected chi connectivity index (χ1v) is 8.96. The second kappa shape index (κ2) is 12.8. The molecule has 0 amide bonds. The molecule has 1 aromatic rings. The van der Waals surface area contributed by atoms with E-state index in [4.69, 9.17) is 14.6 Å². The second-order valence-corrected chi connectivity index (χ2v) is 6.06. The Morgan fingerprint density at radius 1 is 1.08 bits per heavy atom. The summed E-state index contributed by atoms with van der Waals surface area (Å²) in [4.78, 5) is 15.1. The molecule has 0 saturated heterocycles. The minimum absolute atomic E-state index is 0.189. The van der Waals surface area contributed by atoms with Gasteiger partial charge in [-0.3, -0.25) is 9.78 Å². The molecule has 0 aromatic carbocycles. The van der Waals surface area contributed by atoms with Crippen LogP contribution >= 0.6 is 0 Å². The van der Waals surface area contributed by atoms with E-state index >= 15 is 0 Å². The number of carbonyl (C=O) groups excluding carboxylic acids is 1. The molecule has 0 bridgehead atoms. The maximum atomic E-state index is 10.9. The quantitative estimate of drug-likeness (QED) is 0.436. The van der Waals surface area contributed by atoms with E-state index in [2.05, 4.69) is 4.98 Å². The van der Waals surface area contributed by atoms with Gasteiger partial charge in [0, 0.05) is 25.3 Å². The molecule has 1 N–H and O–H groups in total. The van der Waals surface area contributed by atoms with Crippen LogP contribution in [0.15, 0.2) is 12.3 Å². The molecular weight excluding hydrogens is 306 g/mol. The van der Waals surface area contributed by atoms with Crippen molar-refractivity contribution in [2.45, 2.75) is 71.8 Å². The number of nitrogens with zero attached hydrogens (tertiary/aromatic N) is 1. The predicted octanol–water partition coefficient (Wildman–Crippen LogP) is 3.95. The fourth-order valence-electron chi connectivity index (χ4n) is 2.49. The summed E-state index contributed by atoms with van der Waals surface area (Å²) < 4.78 is 10.8. The molecule has 0 atom stereocenters. The number of pyridine rings is 1. The summed E-state index contributed by atoms with van der Waals surface area (Å²) in [6.07, 6.45) is 10.9. The Hall–Kier alpha value is -1.62. The van der Waals surface area contributed by atoms with Crippen LogP contribution in [0.1, 0.15) is 69.5 Å². The van der Waals surface area contributed by atoms with Crippen molar-refractivity contribution < 1.29 is 19.4 Å². The van der Waals surface area contributed by atoms with Crippen LogP contribution in [0.5, 0.6) is 5.75 Å². The van der Waals surface area contributed by atoms with E-state index in [1.807, 2.05) is 13.0 Å². The first kappa shape index (κ1) is 20.4. The lowest BCUT2D eigenvalue weighted by molar-refractivity contribution is -0.142. The Morgan fingerprint density at radius 2 is 1.71 bits per heavy atom. The first-order chi connectivity index (χ1) is 11.6. The van der Waals surface area contributed by atoms with E-state index in [1.165, 1.54) is 39.0 Å². The normalized spacial score (nSPS) is 10.6. The monoisotopic (exact) mass is 337 g/mol. The SMILES string of the molecule is CC(=O)OCc1nccc(OCCCCCCCCCCO)c1C. The number of aliphatic hydroxyl groups excluding tert-OH is 1. The third-order valence-electron chi connectivity index (χ3n) is 3.98. The standard InChI is InChI=1S/C19H31NO4/c1-16-18(15-24-17(2)22)20-12-11-19(16)23-14-10-8-6-4-3-5-7-9-13-21/h11-12,21H,3-10,13-15H2,1-2H3. The molecule has 0 saturated carbocycles. The van der Waals surface area contributed by atoms with Gasteiger partial charge >= 0.3 is 5.97 Å². The Labute approximate surface area is 145 Å². The molecule has 0 radical (unpaired) electrons. The Bertz CT molecular complexity index is 476. The molecular formula is C19H31NO4. The van der Waals surface area contributed by atoms with Crippen molar-refractivity contribution in [3.63, 3.8) is 0 Å². The number of hydrogen-bond donors (Lipinski definition) is 1. The van der Waals surface area contributed by atoms with Crippen molar-refractivity contribution in [3.8, 4) is 5.75 Å². The van der Waals surface area contributed by atoms with Crippen molar-refractivity contribution in [3.05, 3.63) is 23.5 Å². The molecule has 1 heterocycles. The molecule has 0 unspecified atom stereocenters. The molecule has 136 valence electrons. The van der Waals surface area contributed by atoms with Gasteiger partial charge in [-0.05, 0) is 25.8 Å². The van der Waals surface area contributed by atoms with Gasteiger partial charge in [0.1, 0.15) is 12.4 Å². The third-order valence-corrected chi connectivity index (χ3v) is 3.98. The van der Waals surface area contributed by atoms with Gasteiger partial charge in [0.25, 0.3) is 0 Å². The van der Waals surface area contributed by atoms with E-state index in [9.17, 15) is 4.79 Å². The topological polar surface area (TPSA) is 68.7 Å². The van der Waals surface area contributed by atoms with Gasteiger partial charge in [-0.25, -0.2) is 0 Å². The van der Waals surface area contributed by atoms with Gasteiger partial charge in [-0.15, -0.1) is 0 Å². The van der Waals surface area contributed by atoms with Crippen LogP contribution in [-0.2, 0) is 16.1 Å². The van der Waals surface area contributed by atoms with Crippen LogP contribution < -0.4 is 4.74 Å². The highest BCUT2D eigenvalue weighted by Crippen LogP contribution is 2.20. The number of ether oxygens (including phenoxy) is 2. The smallest absolute Gasteiger partial charge is 0.303 e. The Morgan fingerprint density at radius 3 is 2.33 bits per heavy atom. The van der Waals surface area contributed by atoms with E-state index in [-0.39, 0.29) is 12.6 Å². The van der Waals surface area contributed by atoms with Crippen LogP contribution in [0.4, 0.5) is 0 Å². The summed E-state index contributed by atoms with van der Waals surface area (Å²) in [5, 5.41) is 8.71. The Kier molecular flexibility index (Phi) is 10.9. The molecule has 0 fully saturated rings. The number of rotatable bonds is 13. The van der Waals surface area contributed by atoms with E-state index < -0.39 is 0 Å². The van der Waals surface area contributed by atoms with Gasteiger partial charge in [-0.1, -0.05) is 38.5 Å². The molecule has 5 heteroatoms. The molecule has 0 spiro atoms. The van der Waals surface area contributed by atoms with Crippen LogP contribution in [0.3, 0.4) is 0 Å². The average molecular weight is 337 g/mol. The van der Waals surface area contributed by atoms with Crippen molar-refractivity contribution in [2.75, 3.05) is 13.2 Å². The number of carbonyl (C=O) groups is 1. The summed E-state index contributed by atoms with van der Waals surface area (Å²) in [6, 6.07) is 1.85. The average Bonchev–Trinajstić information content (AvgIpc) is 2.56. The number of aromatic nitrogens is 1.